The van der Waals surface area contributed by atoms with Crippen molar-refractivity contribution in [3.8, 4) is 0 Å². The zero-order chi connectivity index (χ0) is 13.8. The SMILES string of the molecule is CN(Cc1cccc(F)c1)c1cccc(Cl)c1CCl. The third-order valence-corrected chi connectivity index (χ3v) is 3.57. The molecule has 0 aromatic heterocycles. The summed E-state index contributed by atoms with van der Waals surface area (Å²) in [4.78, 5) is 2.01. The van der Waals surface area contributed by atoms with Crippen LogP contribution in [0.3, 0.4) is 0 Å². The van der Waals surface area contributed by atoms with Crippen LogP contribution in [0, 0.1) is 5.82 Å². The molecular weight excluding hydrogens is 284 g/mol. The van der Waals surface area contributed by atoms with Crippen molar-refractivity contribution in [1.82, 2.24) is 0 Å². The summed E-state index contributed by atoms with van der Waals surface area (Å²) in [6.07, 6.45) is 0. The number of hydrogen-bond acceptors (Lipinski definition) is 1. The fraction of sp³-hybridized carbons (Fsp3) is 0.200. The van der Waals surface area contributed by atoms with Gasteiger partial charge in [0.05, 0.1) is 5.88 Å². The van der Waals surface area contributed by atoms with Crippen molar-refractivity contribution in [1.29, 1.82) is 0 Å². The first-order valence-corrected chi connectivity index (χ1v) is 6.82. The van der Waals surface area contributed by atoms with Gasteiger partial charge in [0.1, 0.15) is 5.82 Å². The zero-order valence-corrected chi connectivity index (χ0v) is 12.0. The third-order valence-electron chi connectivity index (χ3n) is 2.95. The quantitative estimate of drug-likeness (QED) is 0.729. The van der Waals surface area contributed by atoms with Crippen LogP contribution in [0.1, 0.15) is 11.1 Å². The van der Waals surface area contributed by atoms with Crippen LogP contribution in [0.2, 0.25) is 5.02 Å². The van der Waals surface area contributed by atoms with E-state index in [4.69, 9.17) is 23.2 Å². The fourth-order valence-corrected chi connectivity index (χ4v) is 2.62. The molecule has 0 spiro atoms. The van der Waals surface area contributed by atoms with Gasteiger partial charge in [-0.15, -0.1) is 11.6 Å². The standard InChI is InChI=1S/C15H14Cl2FN/c1-19(10-11-4-2-5-12(18)8-11)15-7-3-6-14(17)13(15)9-16/h2-8H,9-10H2,1H3. The molecule has 0 aliphatic carbocycles. The van der Waals surface area contributed by atoms with E-state index in [9.17, 15) is 4.39 Å². The molecule has 0 heterocycles. The number of nitrogens with zero attached hydrogens (tertiary/aromatic N) is 1. The summed E-state index contributed by atoms with van der Waals surface area (Å²) in [5.74, 6) is 0.122. The first-order valence-electron chi connectivity index (χ1n) is 5.90. The maximum absolute atomic E-state index is 13.2. The van der Waals surface area contributed by atoms with Crippen molar-refractivity contribution in [3.63, 3.8) is 0 Å². The lowest BCUT2D eigenvalue weighted by molar-refractivity contribution is 0.625. The van der Waals surface area contributed by atoms with Gasteiger partial charge >= 0.3 is 0 Å². The third kappa shape index (κ3) is 3.40. The fourth-order valence-electron chi connectivity index (χ4n) is 2.03. The molecule has 0 saturated carbocycles. The number of halogens is 3. The molecule has 0 N–H and O–H groups in total. The van der Waals surface area contributed by atoms with Crippen LogP contribution < -0.4 is 4.90 Å². The van der Waals surface area contributed by atoms with E-state index in [1.807, 2.05) is 36.2 Å². The predicted molar refractivity (Wildman–Crippen MR) is 79.5 cm³/mol. The van der Waals surface area contributed by atoms with E-state index in [1.165, 1.54) is 12.1 Å². The maximum Gasteiger partial charge on any atom is 0.123 e. The molecule has 0 amide bonds. The molecule has 1 nitrogen and oxygen atoms in total. The van der Waals surface area contributed by atoms with E-state index < -0.39 is 0 Å². The number of benzene rings is 2. The Kier molecular flexibility index (Phi) is 4.67. The van der Waals surface area contributed by atoms with Crippen LogP contribution in [0.15, 0.2) is 42.5 Å². The molecule has 0 fully saturated rings. The minimum absolute atomic E-state index is 0.227. The van der Waals surface area contributed by atoms with Crippen molar-refractivity contribution in [2.45, 2.75) is 12.4 Å². The van der Waals surface area contributed by atoms with Gasteiger partial charge in [0.15, 0.2) is 0 Å². The van der Waals surface area contributed by atoms with Crippen molar-refractivity contribution in [2.75, 3.05) is 11.9 Å². The Morgan fingerprint density at radius 2 is 1.89 bits per heavy atom. The van der Waals surface area contributed by atoms with Crippen molar-refractivity contribution in [3.05, 3.63) is 64.4 Å². The summed E-state index contributed by atoms with van der Waals surface area (Å²) in [7, 11) is 1.94. The second-order valence-electron chi connectivity index (χ2n) is 4.36. The monoisotopic (exact) mass is 297 g/mol. The minimum Gasteiger partial charge on any atom is -0.370 e. The average molecular weight is 298 g/mol. The molecule has 2 aromatic rings. The van der Waals surface area contributed by atoms with E-state index in [0.29, 0.717) is 17.4 Å². The molecule has 2 rings (SSSR count). The van der Waals surface area contributed by atoms with E-state index in [2.05, 4.69) is 0 Å². The lowest BCUT2D eigenvalue weighted by Gasteiger charge is -2.22. The molecule has 0 unspecified atom stereocenters. The summed E-state index contributed by atoms with van der Waals surface area (Å²) in [5.41, 5.74) is 2.76. The van der Waals surface area contributed by atoms with Crippen molar-refractivity contribution >= 4 is 28.9 Å². The van der Waals surface area contributed by atoms with Crippen LogP contribution >= 0.6 is 23.2 Å². The van der Waals surface area contributed by atoms with Gasteiger partial charge in [-0.05, 0) is 29.8 Å². The van der Waals surface area contributed by atoms with Crippen LogP contribution in [-0.4, -0.2) is 7.05 Å². The van der Waals surface area contributed by atoms with E-state index in [-0.39, 0.29) is 5.82 Å². The van der Waals surface area contributed by atoms with E-state index >= 15 is 0 Å². The van der Waals surface area contributed by atoms with Gasteiger partial charge in [-0.3, -0.25) is 0 Å². The Labute approximate surface area is 122 Å². The molecule has 2 aromatic carbocycles. The highest BCUT2D eigenvalue weighted by Crippen LogP contribution is 2.29. The predicted octanol–water partition coefficient (Wildman–Crippen LogP) is 4.85. The Balaban J connectivity index is 2.25. The Hall–Kier alpha value is -1.25. The molecule has 0 aliphatic heterocycles. The topological polar surface area (TPSA) is 3.24 Å². The highest BCUT2D eigenvalue weighted by molar-refractivity contribution is 6.32. The lowest BCUT2D eigenvalue weighted by Crippen LogP contribution is -2.18. The number of alkyl halides is 1. The highest BCUT2D eigenvalue weighted by atomic mass is 35.5. The summed E-state index contributed by atoms with van der Waals surface area (Å²) < 4.78 is 13.2. The van der Waals surface area contributed by atoms with Crippen molar-refractivity contribution < 1.29 is 4.39 Å². The van der Waals surface area contributed by atoms with Gasteiger partial charge in [0.2, 0.25) is 0 Å². The van der Waals surface area contributed by atoms with Crippen molar-refractivity contribution in [2.24, 2.45) is 0 Å². The maximum atomic E-state index is 13.2. The summed E-state index contributed by atoms with van der Waals surface area (Å²) in [5, 5.41) is 0.651. The van der Waals surface area contributed by atoms with Crippen LogP contribution in [0.25, 0.3) is 0 Å². The highest BCUT2D eigenvalue weighted by Gasteiger charge is 2.10. The molecule has 4 heteroatoms. The van der Waals surface area contributed by atoms with Gasteiger partial charge in [0, 0.05) is 29.9 Å². The molecule has 0 aliphatic rings. The van der Waals surface area contributed by atoms with Crippen LogP contribution in [-0.2, 0) is 12.4 Å². The van der Waals surface area contributed by atoms with E-state index in [1.54, 1.807) is 6.07 Å². The van der Waals surface area contributed by atoms with Gasteiger partial charge in [-0.1, -0.05) is 29.8 Å². The van der Waals surface area contributed by atoms with Gasteiger partial charge in [-0.25, -0.2) is 4.39 Å². The normalized spacial score (nSPS) is 10.5. The Morgan fingerprint density at radius 3 is 2.58 bits per heavy atom. The summed E-state index contributed by atoms with van der Waals surface area (Å²) in [6, 6.07) is 12.2. The minimum atomic E-state index is -0.227. The van der Waals surface area contributed by atoms with Gasteiger partial charge in [-0.2, -0.15) is 0 Å². The first-order chi connectivity index (χ1) is 9.11. The largest absolute Gasteiger partial charge is 0.370 e. The first kappa shape index (κ1) is 14.2. The second-order valence-corrected chi connectivity index (χ2v) is 5.03. The number of rotatable bonds is 4. The lowest BCUT2D eigenvalue weighted by atomic mass is 10.1. The smallest absolute Gasteiger partial charge is 0.123 e. The Morgan fingerprint density at radius 1 is 1.16 bits per heavy atom. The number of hydrogen-bond donors (Lipinski definition) is 0. The molecule has 0 radical (unpaired) electrons. The average Bonchev–Trinajstić information content (AvgIpc) is 2.38. The second kappa shape index (κ2) is 6.27. The zero-order valence-electron chi connectivity index (χ0n) is 10.5. The Bertz CT molecular complexity index is 572. The molecule has 0 saturated heterocycles. The molecule has 100 valence electrons. The molecular formula is C15H14Cl2FN. The molecule has 19 heavy (non-hydrogen) atoms. The summed E-state index contributed by atoms with van der Waals surface area (Å²) >= 11 is 12.1. The van der Waals surface area contributed by atoms with Gasteiger partial charge < -0.3 is 4.90 Å². The van der Waals surface area contributed by atoms with Crippen LogP contribution in [0.4, 0.5) is 10.1 Å². The number of anilines is 1. The molecule has 0 atom stereocenters. The summed E-state index contributed by atoms with van der Waals surface area (Å²) in [6.45, 7) is 0.599. The molecule has 0 bridgehead atoms. The van der Waals surface area contributed by atoms with E-state index in [0.717, 1.165) is 16.8 Å². The van der Waals surface area contributed by atoms with Gasteiger partial charge in [0.25, 0.3) is 0 Å². The van der Waals surface area contributed by atoms with Crippen LogP contribution in [0.5, 0.6) is 0 Å².